The molecule has 5 nitrogen and oxygen atoms in total. The van der Waals surface area contributed by atoms with Gasteiger partial charge in [0.15, 0.2) is 5.65 Å². The lowest BCUT2D eigenvalue weighted by Crippen LogP contribution is -2.23. The van der Waals surface area contributed by atoms with E-state index in [1.54, 1.807) is 16.6 Å². The molecule has 0 amide bonds. The van der Waals surface area contributed by atoms with Crippen molar-refractivity contribution >= 4 is 34.0 Å². The van der Waals surface area contributed by atoms with Gasteiger partial charge in [-0.25, -0.2) is 4.98 Å². The normalized spacial score (nSPS) is 11.9. The number of halogens is 4. The fraction of sp³-hybridized carbons (Fsp3) is 0.160. The van der Waals surface area contributed by atoms with Gasteiger partial charge in [0.05, 0.1) is 11.1 Å². The van der Waals surface area contributed by atoms with E-state index in [1.807, 2.05) is 49.4 Å². The molecular weight excluding hydrogens is 463 g/mol. The van der Waals surface area contributed by atoms with Gasteiger partial charge in [-0.05, 0) is 42.8 Å². The first-order valence-electron chi connectivity index (χ1n) is 10.7. The van der Waals surface area contributed by atoms with Crippen LogP contribution in [0.5, 0.6) is 0 Å². The first-order chi connectivity index (χ1) is 16.3. The number of anilines is 1. The van der Waals surface area contributed by atoms with Crippen molar-refractivity contribution in [2.45, 2.75) is 19.6 Å². The van der Waals surface area contributed by atoms with Crippen molar-refractivity contribution in [3.63, 3.8) is 0 Å². The third-order valence-corrected chi connectivity index (χ3v) is 5.88. The van der Waals surface area contributed by atoms with E-state index >= 15 is 0 Å². The molecule has 0 saturated heterocycles. The predicted octanol–water partition coefficient (Wildman–Crippen LogP) is 6.64. The molecule has 0 aliphatic heterocycles. The average Bonchev–Trinajstić information content (AvgIpc) is 3.26. The molecule has 172 valence electrons. The summed E-state index contributed by atoms with van der Waals surface area (Å²) >= 11 is 6.31. The van der Waals surface area contributed by atoms with Crippen molar-refractivity contribution in [2.24, 2.45) is 0 Å². The number of hydrogen-bond donors (Lipinski definition) is 0. The molecule has 2 aromatic heterocycles. The second kappa shape index (κ2) is 8.61. The molecule has 0 radical (unpaired) electrons. The molecule has 0 saturated carbocycles. The van der Waals surface area contributed by atoms with E-state index in [0.29, 0.717) is 40.7 Å². The maximum atomic E-state index is 13.3. The van der Waals surface area contributed by atoms with Crippen LogP contribution in [0.15, 0.2) is 72.8 Å². The zero-order chi connectivity index (χ0) is 23.9. The Labute approximate surface area is 198 Å². The van der Waals surface area contributed by atoms with Crippen molar-refractivity contribution in [3.8, 4) is 11.3 Å². The number of nitrogens with zero attached hydrogens (tertiary/aromatic N) is 5. The van der Waals surface area contributed by atoms with E-state index in [0.717, 1.165) is 23.1 Å². The van der Waals surface area contributed by atoms with E-state index in [2.05, 4.69) is 15.2 Å². The Morgan fingerprint density at radius 1 is 0.971 bits per heavy atom. The highest BCUT2D eigenvalue weighted by molar-refractivity contribution is 6.31. The Morgan fingerprint density at radius 3 is 2.50 bits per heavy atom. The molecule has 0 atom stereocenters. The number of hydrogen-bond acceptors (Lipinski definition) is 4. The quantitative estimate of drug-likeness (QED) is 0.282. The molecule has 0 aliphatic carbocycles. The molecule has 0 fully saturated rings. The zero-order valence-corrected chi connectivity index (χ0v) is 18.8. The maximum Gasteiger partial charge on any atom is 0.416 e. The molecule has 0 N–H and O–H groups in total. The molecule has 0 spiro atoms. The predicted molar refractivity (Wildman–Crippen MR) is 127 cm³/mol. The van der Waals surface area contributed by atoms with Crippen LogP contribution in [0.3, 0.4) is 0 Å². The Bertz CT molecular complexity index is 1480. The van der Waals surface area contributed by atoms with E-state index < -0.39 is 11.7 Å². The van der Waals surface area contributed by atoms with Crippen molar-refractivity contribution < 1.29 is 13.2 Å². The van der Waals surface area contributed by atoms with Crippen LogP contribution in [0.2, 0.25) is 5.02 Å². The van der Waals surface area contributed by atoms with Crippen LogP contribution >= 0.6 is 11.6 Å². The van der Waals surface area contributed by atoms with Gasteiger partial charge in [-0.15, -0.1) is 5.10 Å². The van der Waals surface area contributed by atoms with Crippen LogP contribution in [0.4, 0.5) is 19.0 Å². The number of benzene rings is 3. The second-order valence-electron chi connectivity index (χ2n) is 7.85. The fourth-order valence-electron chi connectivity index (χ4n) is 3.98. The molecule has 0 unspecified atom stereocenters. The van der Waals surface area contributed by atoms with Gasteiger partial charge in [0.1, 0.15) is 11.5 Å². The van der Waals surface area contributed by atoms with E-state index in [9.17, 15) is 13.2 Å². The largest absolute Gasteiger partial charge is 0.416 e. The van der Waals surface area contributed by atoms with E-state index in [1.165, 1.54) is 6.07 Å². The van der Waals surface area contributed by atoms with Gasteiger partial charge in [-0.1, -0.05) is 59.3 Å². The van der Waals surface area contributed by atoms with Crippen LogP contribution in [0.25, 0.3) is 27.8 Å². The Balaban J connectivity index is 1.73. The first kappa shape index (κ1) is 22.2. The summed E-state index contributed by atoms with van der Waals surface area (Å²) in [5.74, 6) is 0.659. The van der Waals surface area contributed by atoms with Crippen molar-refractivity contribution in [1.82, 2.24) is 19.8 Å². The minimum Gasteiger partial charge on any atom is -0.352 e. The summed E-state index contributed by atoms with van der Waals surface area (Å²) in [4.78, 5) is 6.96. The third kappa shape index (κ3) is 4.05. The summed E-state index contributed by atoms with van der Waals surface area (Å²) in [6.07, 6.45) is -4.46. The van der Waals surface area contributed by atoms with Crippen molar-refractivity contribution in [2.75, 3.05) is 11.4 Å². The zero-order valence-electron chi connectivity index (χ0n) is 18.1. The summed E-state index contributed by atoms with van der Waals surface area (Å²) < 4.78 is 41.5. The standard InChI is InChI=1S/C25H19ClF3N5/c1-2-33(15-16-7-4-3-5-8-16)23-20-14-19(26)11-12-21(20)34-24(30-23)22(31-32-34)17-9-6-10-18(13-17)25(27,28)29/h3-14H,2,15H2,1H3. The molecule has 0 bridgehead atoms. The van der Waals surface area contributed by atoms with Gasteiger partial charge in [0, 0.05) is 29.1 Å². The number of alkyl halides is 3. The minimum atomic E-state index is -4.46. The molecule has 5 rings (SSSR count). The summed E-state index contributed by atoms with van der Waals surface area (Å²) in [7, 11) is 0. The monoisotopic (exact) mass is 481 g/mol. The van der Waals surface area contributed by atoms with Gasteiger partial charge in [0.2, 0.25) is 0 Å². The third-order valence-electron chi connectivity index (χ3n) is 5.65. The highest BCUT2D eigenvalue weighted by atomic mass is 35.5. The summed E-state index contributed by atoms with van der Waals surface area (Å²) in [5.41, 5.74) is 2.00. The van der Waals surface area contributed by atoms with Crippen molar-refractivity contribution in [1.29, 1.82) is 0 Å². The number of rotatable bonds is 5. The summed E-state index contributed by atoms with van der Waals surface area (Å²) in [6, 6.07) is 20.4. The molecule has 5 aromatic rings. The second-order valence-corrected chi connectivity index (χ2v) is 8.29. The molecule has 0 aliphatic rings. The lowest BCUT2D eigenvalue weighted by Gasteiger charge is -2.24. The van der Waals surface area contributed by atoms with Crippen LogP contribution in [-0.2, 0) is 12.7 Å². The molecule has 9 heteroatoms. The number of fused-ring (bicyclic) bond motifs is 3. The lowest BCUT2D eigenvalue weighted by molar-refractivity contribution is -0.137. The highest BCUT2D eigenvalue weighted by Gasteiger charge is 2.31. The topological polar surface area (TPSA) is 46.3 Å². The van der Waals surface area contributed by atoms with Crippen LogP contribution in [-0.4, -0.2) is 26.4 Å². The Kier molecular flexibility index (Phi) is 5.61. The summed E-state index contributed by atoms with van der Waals surface area (Å²) in [6.45, 7) is 3.27. The molecule has 3 aromatic carbocycles. The highest BCUT2D eigenvalue weighted by Crippen LogP contribution is 2.35. The fourth-order valence-corrected chi connectivity index (χ4v) is 4.16. The molecule has 2 heterocycles. The number of aromatic nitrogens is 4. The van der Waals surface area contributed by atoms with E-state index in [-0.39, 0.29) is 5.69 Å². The van der Waals surface area contributed by atoms with Crippen LogP contribution in [0.1, 0.15) is 18.1 Å². The molecule has 34 heavy (non-hydrogen) atoms. The van der Waals surface area contributed by atoms with Gasteiger partial charge < -0.3 is 4.90 Å². The molecular formula is C25H19ClF3N5. The van der Waals surface area contributed by atoms with Gasteiger partial charge in [-0.2, -0.15) is 17.7 Å². The summed E-state index contributed by atoms with van der Waals surface area (Å²) in [5, 5.41) is 9.74. The van der Waals surface area contributed by atoms with Gasteiger partial charge in [-0.3, -0.25) is 0 Å². The van der Waals surface area contributed by atoms with Gasteiger partial charge in [0.25, 0.3) is 0 Å². The minimum absolute atomic E-state index is 0.278. The Hall–Kier alpha value is -3.65. The SMILES string of the molecule is CCN(Cc1ccccc1)c1nc2c(-c3cccc(C(F)(F)F)c3)nnn2c2ccc(Cl)cc12. The lowest BCUT2D eigenvalue weighted by atomic mass is 10.1. The first-order valence-corrected chi connectivity index (χ1v) is 11.0. The maximum absolute atomic E-state index is 13.3. The van der Waals surface area contributed by atoms with Crippen LogP contribution < -0.4 is 4.90 Å². The van der Waals surface area contributed by atoms with E-state index in [4.69, 9.17) is 16.6 Å². The smallest absolute Gasteiger partial charge is 0.352 e. The van der Waals surface area contributed by atoms with Gasteiger partial charge >= 0.3 is 6.18 Å². The average molecular weight is 482 g/mol. The Morgan fingerprint density at radius 2 is 1.76 bits per heavy atom. The van der Waals surface area contributed by atoms with Crippen LogP contribution in [0, 0.1) is 0 Å². The van der Waals surface area contributed by atoms with Crippen molar-refractivity contribution in [3.05, 3.63) is 88.9 Å².